The van der Waals surface area contributed by atoms with Crippen molar-refractivity contribution in [3.8, 4) is 0 Å². The third kappa shape index (κ3) is 6.07. The van der Waals surface area contributed by atoms with E-state index in [1.165, 1.54) is 11.1 Å². The topological polar surface area (TPSA) is 51.2 Å². The summed E-state index contributed by atoms with van der Waals surface area (Å²) in [5.74, 6) is -1.02. The predicted molar refractivity (Wildman–Crippen MR) is 138 cm³/mol. The number of Topliss-reactive ketones (excluding diaryl/α,β-unsaturated/α-hetero) is 2. The van der Waals surface area contributed by atoms with Gasteiger partial charge in [-0.2, -0.15) is 0 Å². The Kier molecular flexibility index (Phi) is 10.6. The van der Waals surface area contributed by atoms with E-state index in [4.69, 9.17) is 0 Å². The lowest BCUT2D eigenvalue weighted by atomic mass is 9.80. The fourth-order valence-electron chi connectivity index (χ4n) is 4.75. The molecular weight excluding hydrogens is 427 g/mol. The summed E-state index contributed by atoms with van der Waals surface area (Å²) in [5, 5.41) is 0. The molecule has 0 unspecified atom stereocenters. The maximum absolute atomic E-state index is 14.0. The van der Waals surface area contributed by atoms with Crippen LogP contribution < -0.4 is 0 Å². The highest BCUT2D eigenvalue weighted by atomic mass is 31.1. The van der Waals surface area contributed by atoms with E-state index in [0.29, 0.717) is 23.7 Å². The molecule has 2 aromatic rings. The van der Waals surface area contributed by atoms with Crippen molar-refractivity contribution in [1.29, 1.82) is 0 Å². The van der Waals surface area contributed by atoms with Gasteiger partial charge in [-0.3, -0.25) is 14.2 Å². The fraction of sp³-hybridized carbons (Fsp3) is 0.517. The molecule has 4 heteroatoms. The standard InChI is InChI=1S/C29H39O3P/c1-7-19-15-21(9-3)26(22(10-4)16-19)28(30)25(13-14-33-32)29(31)27-23(11-5)17-20(8-2)18-24(27)12-6/h15-18,25H,7-14H2,1-6H3. The predicted octanol–water partition coefficient (Wildman–Crippen LogP) is 7.42. The average molecular weight is 467 g/mol. The van der Waals surface area contributed by atoms with Crippen LogP contribution in [0.2, 0.25) is 0 Å². The highest BCUT2D eigenvalue weighted by molar-refractivity contribution is 7.23. The molecule has 0 aliphatic carbocycles. The second-order valence-corrected chi connectivity index (χ2v) is 9.33. The second-order valence-electron chi connectivity index (χ2n) is 8.62. The van der Waals surface area contributed by atoms with E-state index >= 15 is 0 Å². The zero-order chi connectivity index (χ0) is 24.5. The summed E-state index contributed by atoms with van der Waals surface area (Å²) in [4.78, 5) is 28.0. The molecule has 3 nitrogen and oxygen atoms in total. The molecule has 0 aromatic heterocycles. The summed E-state index contributed by atoms with van der Waals surface area (Å²) in [6.07, 6.45) is 5.40. The van der Waals surface area contributed by atoms with E-state index in [1.807, 2.05) is 0 Å². The number of aryl methyl sites for hydroxylation is 6. The summed E-state index contributed by atoms with van der Waals surface area (Å²) < 4.78 is 11.4. The van der Waals surface area contributed by atoms with Gasteiger partial charge in [0.15, 0.2) is 20.0 Å². The maximum Gasteiger partial charge on any atom is 0.174 e. The minimum atomic E-state index is -0.808. The summed E-state index contributed by atoms with van der Waals surface area (Å²) in [6.45, 7) is 12.5. The van der Waals surface area contributed by atoms with Crippen LogP contribution in [0.5, 0.6) is 0 Å². The van der Waals surface area contributed by atoms with Crippen LogP contribution in [0.15, 0.2) is 24.3 Å². The van der Waals surface area contributed by atoms with Gasteiger partial charge in [-0.25, -0.2) is 0 Å². The van der Waals surface area contributed by atoms with Crippen LogP contribution in [0.3, 0.4) is 0 Å². The molecule has 0 fully saturated rings. The number of rotatable bonds is 13. The zero-order valence-electron chi connectivity index (χ0n) is 21.2. The van der Waals surface area contributed by atoms with Crippen molar-refractivity contribution in [2.24, 2.45) is 5.92 Å². The maximum atomic E-state index is 14.0. The Morgan fingerprint density at radius 3 is 1.21 bits per heavy atom. The van der Waals surface area contributed by atoms with Gasteiger partial charge in [-0.15, -0.1) is 0 Å². The zero-order valence-corrected chi connectivity index (χ0v) is 22.1. The van der Waals surface area contributed by atoms with Crippen LogP contribution in [0.25, 0.3) is 0 Å². The Labute approximate surface area is 201 Å². The number of benzene rings is 2. The molecule has 0 saturated carbocycles. The van der Waals surface area contributed by atoms with Crippen molar-refractivity contribution in [2.75, 3.05) is 6.16 Å². The molecule has 0 aliphatic heterocycles. The van der Waals surface area contributed by atoms with Gasteiger partial charge < -0.3 is 0 Å². The van der Waals surface area contributed by atoms with Crippen LogP contribution in [-0.2, 0) is 43.1 Å². The third-order valence-corrected chi connectivity index (χ3v) is 7.14. The van der Waals surface area contributed by atoms with Crippen LogP contribution in [-0.4, -0.2) is 17.7 Å². The van der Waals surface area contributed by atoms with Crippen molar-refractivity contribution in [2.45, 2.75) is 86.5 Å². The molecular formula is C29H39O3P. The lowest BCUT2D eigenvalue weighted by molar-refractivity contribution is 0.0802. The first-order valence-corrected chi connectivity index (χ1v) is 13.6. The lowest BCUT2D eigenvalue weighted by Gasteiger charge is -2.22. The van der Waals surface area contributed by atoms with E-state index in [0.717, 1.165) is 60.8 Å². The molecule has 0 aliphatic rings. The SMILES string of the molecule is CCc1cc(CC)c(C(=O)C(CCP=O)C(=O)c2c(CC)cc(CC)cc2CC)c(CC)c1. The number of carbonyl (C=O) groups excluding carboxylic acids is 2. The van der Waals surface area contributed by atoms with Gasteiger partial charge in [0.1, 0.15) is 0 Å². The number of hydrogen-bond donors (Lipinski definition) is 0. The van der Waals surface area contributed by atoms with Gasteiger partial charge in [0.05, 0.1) is 5.92 Å². The highest BCUT2D eigenvalue weighted by Crippen LogP contribution is 2.30. The minimum Gasteiger partial charge on any atom is -0.293 e. The average Bonchev–Trinajstić information content (AvgIpc) is 2.86. The van der Waals surface area contributed by atoms with E-state index in [2.05, 4.69) is 65.8 Å². The third-order valence-electron chi connectivity index (χ3n) is 6.70. The minimum absolute atomic E-state index is 0.0322. The normalized spacial score (nSPS) is 11.4. The number of hydrogen-bond acceptors (Lipinski definition) is 3. The van der Waals surface area contributed by atoms with E-state index < -0.39 is 5.92 Å². The second kappa shape index (κ2) is 12.9. The number of carbonyl (C=O) groups is 2. The molecule has 0 saturated heterocycles. The summed E-state index contributed by atoms with van der Waals surface area (Å²) in [6, 6.07) is 8.46. The van der Waals surface area contributed by atoms with Crippen LogP contribution in [0, 0.1) is 5.92 Å². The van der Waals surface area contributed by atoms with Crippen molar-refractivity contribution in [3.63, 3.8) is 0 Å². The highest BCUT2D eigenvalue weighted by Gasteiger charge is 2.33. The lowest BCUT2D eigenvalue weighted by Crippen LogP contribution is -2.28. The Balaban J connectivity index is 2.68. The number of ketones is 2. The first-order chi connectivity index (χ1) is 15.9. The van der Waals surface area contributed by atoms with Crippen molar-refractivity contribution in [1.82, 2.24) is 0 Å². The van der Waals surface area contributed by atoms with E-state index in [1.54, 1.807) is 0 Å². The first kappa shape index (κ1) is 27.1. The smallest absolute Gasteiger partial charge is 0.174 e. The van der Waals surface area contributed by atoms with E-state index in [-0.39, 0.29) is 20.0 Å². The van der Waals surface area contributed by atoms with Gasteiger partial charge in [-0.05, 0) is 78.3 Å². The molecule has 0 spiro atoms. The van der Waals surface area contributed by atoms with E-state index in [9.17, 15) is 14.2 Å². The summed E-state index contributed by atoms with van der Waals surface area (Å²) >= 11 is 0. The van der Waals surface area contributed by atoms with Crippen LogP contribution >= 0.6 is 8.46 Å². The van der Waals surface area contributed by atoms with Crippen molar-refractivity contribution >= 4 is 20.0 Å². The first-order valence-electron chi connectivity index (χ1n) is 12.6. The van der Waals surface area contributed by atoms with Crippen LogP contribution in [0.1, 0.15) is 102 Å². The van der Waals surface area contributed by atoms with Crippen molar-refractivity contribution in [3.05, 3.63) is 68.8 Å². The van der Waals surface area contributed by atoms with Gasteiger partial charge in [0.2, 0.25) is 0 Å². The largest absolute Gasteiger partial charge is 0.293 e. The Bertz CT molecular complexity index is 880. The quantitative estimate of drug-likeness (QED) is 0.175. The monoisotopic (exact) mass is 466 g/mol. The van der Waals surface area contributed by atoms with Gasteiger partial charge >= 0.3 is 0 Å². The van der Waals surface area contributed by atoms with Crippen LogP contribution in [0.4, 0.5) is 0 Å². The molecule has 2 aromatic carbocycles. The molecule has 0 radical (unpaired) electrons. The van der Waals surface area contributed by atoms with Gasteiger partial charge in [0.25, 0.3) is 0 Å². The Morgan fingerprint density at radius 2 is 0.970 bits per heavy atom. The Hall–Kier alpha value is -2.12. The molecule has 178 valence electrons. The molecule has 0 atom stereocenters. The molecule has 0 amide bonds. The summed E-state index contributed by atoms with van der Waals surface area (Å²) in [7, 11) is -0.0322. The molecule has 0 N–H and O–H groups in total. The van der Waals surface area contributed by atoms with Gasteiger partial charge in [0, 0.05) is 17.3 Å². The molecule has 2 rings (SSSR count). The fourth-order valence-corrected chi connectivity index (χ4v) is 5.11. The molecule has 33 heavy (non-hydrogen) atoms. The Morgan fingerprint density at radius 1 is 0.636 bits per heavy atom. The van der Waals surface area contributed by atoms with Crippen molar-refractivity contribution < 1.29 is 14.2 Å². The molecule has 0 heterocycles. The summed E-state index contributed by atoms with van der Waals surface area (Å²) in [5.41, 5.74) is 7.92. The molecule has 0 bridgehead atoms. The van der Waals surface area contributed by atoms with Gasteiger partial charge in [-0.1, -0.05) is 65.8 Å².